The van der Waals surface area contributed by atoms with Gasteiger partial charge in [-0.05, 0) is 29.8 Å². The third-order valence-electron chi connectivity index (χ3n) is 3.07. The minimum atomic E-state index is -2.94. The van der Waals surface area contributed by atoms with Crippen molar-refractivity contribution in [2.45, 2.75) is 22.0 Å². The number of halogens is 7. The molecule has 13 heteroatoms. The molecule has 0 aliphatic rings. The number of benzene rings is 2. The summed E-state index contributed by atoms with van der Waals surface area (Å²) in [4.78, 5) is 21.0. The van der Waals surface area contributed by atoms with Crippen LogP contribution in [0.25, 0.3) is 0 Å². The van der Waals surface area contributed by atoms with Crippen molar-refractivity contribution in [1.29, 1.82) is 0 Å². The van der Waals surface area contributed by atoms with Gasteiger partial charge in [0.15, 0.2) is 6.10 Å². The molecule has 0 saturated carbocycles. The van der Waals surface area contributed by atoms with Crippen molar-refractivity contribution in [1.82, 2.24) is 0 Å². The SMILES string of the molecule is BrC(Br)Br.COC(C(=O)O)c1cccc(OC(F)F)c1.O=Cc1cccc(OC(F)F)c1. The topological polar surface area (TPSA) is 82.1 Å². The molecular weight excluding hydrogens is 640 g/mol. The maximum absolute atomic E-state index is 11.9. The van der Waals surface area contributed by atoms with Crippen LogP contribution in [0.2, 0.25) is 0 Å². The highest BCUT2D eigenvalue weighted by atomic mass is 80.0. The van der Waals surface area contributed by atoms with Crippen molar-refractivity contribution >= 4 is 60.0 Å². The number of hydrogen-bond acceptors (Lipinski definition) is 5. The van der Waals surface area contributed by atoms with Crippen molar-refractivity contribution < 1.29 is 46.5 Å². The molecule has 1 unspecified atom stereocenters. The van der Waals surface area contributed by atoms with Crippen LogP contribution in [0.5, 0.6) is 11.5 Å². The molecule has 6 nitrogen and oxygen atoms in total. The van der Waals surface area contributed by atoms with Crippen molar-refractivity contribution in [3.05, 3.63) is 59.7 Å². The highest BCUT2D eigenvalue weighted by Crippen LogP contribution is 2.23. The van der Waals surface area contributed by atoms with E-state index < -0.39 is 25.3 Å². The van der Waals surface area contributed by atoms with Crippen molar-refractivity contribution in [2.75, 3.05) is 7.11 Å². The molecule has 1 N–H and O–H groups in total. The van der Waals surface area contributed by atoms with Crippen LogP contribution in [-0.4, -0.2) is 40.3 Å². The number of alkyl halides is 7. The first-order valence-electron chi connectivity index (χ1n) is 8.22. The summed E-state index contributed by atoms with van der Waals surface area (Å²) in [6, 6.07) is 11.0. The van der Waals surface area contributed by atoms with Crippen molar-refractivity contribution in [3.63, 3.8) is 0 Å². The number of rotatable bonds is 8. The summed E-state index contributed by atoms with van der Waals surface area (Å²) in [6.45, 7) is -5.80. The average Bonchev–Trinajstić information content (AvgIpc) is 2.68. The summed E-state index contributed by atoms with van der Waals surface area (Å²) in [5.74, 6) is -1.30. The monoisotopic (exact) mass is 654 g/mol. The van der Waals surface area contributed by atoms with Crippen LogP contribution in [0.3, 0.4) is 0 Å². The molecule has 0 heterocycles. The number of aldehydes is 1. The zero-order valence-corrected chi connectivity index (χ0v) is 20.9. The Balaban J connectivity index is 0.000000529. The Morgan fingerprint density at radius 3 is 1.81 bits per heavy atom. The predicted octanol–water partition coefficient (Wildman–Crippen LogP) is 6.62. The number of hydrogen-bond donors (Lipinski definition) is 1. The predicted molar refractivity (Wildman–Crippen MR) is 119 cm³/mol. The van der Waals surface area contributed by atoms with Gasteiger partial charge in [-0.25, -0.2) is 4.79 Å². The molecule has 2 aromatic rings. The molecule has 1 atom stereocenters. The molecule has 2 aromatic carbocycles. The number of carboxylic acids is 1. The molecule has 0 aliphatic heterocycles. The first-order chi connectivity index (χ1) is 15.0. The van der Waals surface area contributed by atoms with E-state index in [0.29, 0.717) is 11.8 Å². The quantitative estimate of drug-likeness (QED) is 0.196. The highest BCUT2D eigenvalue weighted by Gasteiger charge is 2.19. The summed E-state index contributed by atoms with van der Waals surface area (Å²) in [6.07, 6.45) is -0.626. The third kappa shape index (κ3) is 14.4. The molecule has 0 amide bonds. The van der Waals surface area contributed by atoms with E-state index in [1.54, 1.807) is 0 Å². The molecule has 0 fully saturated rings. The van der Waals surface area contributed by atoms with Crippen molar-refractivity contribution in [3.8, 4) is 11.5 Å². The first kappa shape index (κ1) is 30.3. The Morgan fingerprint density at radius 2 is 1.41 bits per heavy atom. The van der Waals surface area contributed by atoms with Gasteiger partial charge in [-0.15, -0.1) is 0 Å². The Hall–Kier alpha value is -1.70. The molecule has 0 aliphatic carbocycles. The van der Waals surface area contributed by atoms with E-state index in [1.165, 1.54) is 55.6 Å². The average molecular weight is 657 g/mol. The molecule has 0 spiro atoms. The molecule has 0 radical (unpaired) electrons. The Kier molecular flexibility index (Phi) is 16.0. The third-order valence-corrected chi connectivity index (χ3v) is 3.07. The summed E-state index contributed by atoms with van der Waals surface area (Å²) < 4.78 is 60.3. The highest BCUT2D eigenvalue weighted by molar-refractivity contribution is 9.38. The van der Waals surface area contributed by atoms with Gasteiger partial charge >= 0.3 is 19.2 Å². The number of methoxy groups -OCH3 is 1. The second kappa shape index (κ2) is 16.9. The van der Waals surface area contributed by atoms with E-state index in [0.717, 1.165) is 0 Å². The zero-order chi connectivity index (χ0) is 24.7. The molecule has 2 rings (SSSR count). The van der Waals surface area contributed by atoms with Crippen LogP contribution in [0.4, 0.5) is 17.6 Å². The van der Waals surface area contributed by atoms with Crippen LogP contribution in [-0.2, 0) is 9.53 Å². The van der Waals surface area contributed by atoms with E-state index in [-0.39, 0.29) is 19.7 Å². The number of ether oxygens (including phenoxy) is 3. The van der Waals surface area contributed by atoms with Gasteiger partial charge < -0.3 is 19.3 Å². The smallest absolute Gasteiger partial charge is 0.387 e. The van der Waals surface area contributed by atoms with E-state index in [9.17, 15) is 27.2 Å². The van der Waals surface area contributed by atoms with Gasteiger partial charge in [0.1, 0.15) is 20.4 Å². The van der Waals surface area contributed by atoms with Gasteiger partial charge in [0.25, 0.3) is 0 Å². The largest absolute Gasteiger partial charge is 0.479 e. The molecule has 0 bridgehead atoms. The number of aliphatic carboxylic acids is 1. The van der Waals surface area contributed by atoms with Crippen LogP contribution in [0.1, 0.15) is 22.0 Å². The lowest BCUT2D eigenvalue weighted by molar-refractivity contribution is -0.148. The van der Waals surface area contributed by atoms with Crippen LogP contribution in [0.15, 0.2) is 48.5 Å². The normalized spacial score (nSPS) is 11.1. The van der Waals surface area contributed by atoms with E-state index in [1.807, 2.05) is 0 Å². The number of carboxylic acid groups (broad SMARTS) is 1. The molecule has 178 valence electrons. The first-order valence-corrected chi connectivity index (χ1v) is 11.0. The van der Waals surface area contributed by atoms with Gasteiger partial charge in [0.05, 0.1) is 0 Å². The minimum Gasteiger partial charge on any atom is -0.479 e. The second-order valence-electron chi connectivity index (χ2n) is 5.22. The molecule has 0 saturated heterocycles. The lowest BCUT2D eigenvalue weighted by Gasteiger charge is -2.12. The number of carbonyl (C=O) groups is 2. The zero-order valence-electron chi connectivity index (χ0n) is 16.1. The lowest BCUT2D eigenvalue weighted by atomic mass is 10.1. The Labute approximate surface area is 206 Å². The van der Waals surface area contributed by atoms with E-state index >= 15 is 0 Å². The van der Waals surface area contributed by atoms with Crippen LogP contribution >= 0.6 is 47.8 Å². The van der Waals surface area contributed by atoms with Gasteiger partial charge in [0.2, 0.25) is 0 Å². The fraction of sp³-hybridized carbons (Fsp3) is 0.263. The van der Waals surface area contributed by atoms with E-state index in [4.69, 9.17) is 9.84 Å². The molecule has 0 aromatic heterocycles. The minimum absolute atomic E-state index is 0.00500. The molecular formula is C19H17Br3F4O6. The fourth-order valence-electron chi connectivity index (χ4n) is 2.00. The Morgan fingerprint density at radius 1 is 0.938 bits per heavy atom. The van der Waals surface area contributed by atoms with Crippen LogP contribution in [0, 0.1) is 0 Å². The maximum atomic E-state index is 11.9. The standard InChI is InChI=1S/C10H10F2O4.C8H6F2O2.CHBr3/c1-15-8(9(13)14)6-3-2-4-7(5-6)16-10(11)12;9-8(10)12-7-3-1-2-6(4-7)5-11;2-1(3)4/h2-5,8,10H,1H3,(H,13,14);1-5,8H;1H. The van der Waals surface area contributed by atoms with Crippen LogP contribution < -0.4 is 9.47 Å². The van der Waals surface area contributed by atoms with Gasteiger partial charge in [0, 0.05) is 12.7 Å². The number of carbonyl (C=O) groups excluding carboxylic acids is 1. The Bertz CT molecular complexity index is 824. The van der Waals surface area contributed by atoms with Gasteiger partial charge in [-0.1, -0.05) is 72.1 Å². The van der Waals surface area contributed by atoms with Gasteiger partial charge in [-0.3, -0.25) is 4.79 Å². The van der Waals surface area contributed by atoms with E-state index in [2.05, 4.69) is 57.3 Å². The summed E-state index contributed by atoms with van der Waals surface area (Å²) in [5, 5.41) is 8.79. The lowest BCUT2D eigenvalue weighted by Crippen LogP contribution is -2.13. The summed E-state index contributed by atoms with van der Waals surface area (Å²) in [5.41, 5.74) is 0.557. The summed E-state index contributed by atoms with van der Waals surface area (Å²) >= 11 is 9.31. The second-order valence-corrected chi connectivity index (χ2v) is 11.7. The van der Waals surface area contributed by atoms with Gasteiger partial charge in [-0.2, -0.15) is 17.6 Å². The molecule has 32 heavy (non-hydrogen) atoms. The fourth-order valence-corrected chi connectivity index (χ4v) is 2.00. The van der Waals surface area contributed by atoms with Crippen molar-refractivity contribution in [2.24, 2.45) is 0 Å². The maximum Gasteiger partial charge on any atom is 0.387 e. The summed E-state index contributed by atoms with van der Waals surface area (Å²) in [7, 11) is 1.22.